The summed E-state index contributed by atoms with van der Waals surface area (Å²) in [5.41, 5.74) is 1.77. The van der Waals surface area contributed by atoms with Crippen LogP contribution in [0.4, 0.5) is 0 Å². The number of nitrogens with zero attached hydrogens (tertiary/aromatic N) is 1. The summed E-state index contributed by atoms with van der Waals surface area (Å²) in [5.74, 6) is 1.65. The molecule has 0 spiro atoms. The number of aromatic nitrogens is 1. The Hall–Kier alpha value is -2.36. The normalized spacial score (nSPS) is 11.9. The Morgan fingerprint density at radius 3 is 2.21 bits per heavy atom. The van der Waals surface area contributed by atoms with E-state index in [-0.39, 0.29) is 5.97 Å². The monoisotopic (exact) mass is 467 g/mol. The van der Waals surface area contributed by atoms with E-state index in [9.17, 15) is 4.79 Å². The maximum Gasteiger partial charge on any atom is 0.311 e. The molecular weight excluding hydrogens is 422 g/mol. The van der Waals surface area contributed by atoms with Crippen molar-refractivity contribution in [1.82, 2.24) is 4.98 Å². The lowest BCUT2D eigenvalue weighted by Gasteiger charge is -2.15. The molecule has 0 aliphatic carbocycles. The zero-order valence-corrected chi connectivity index (χ0v) is 21.7. The number of esters is 1. The smallest absolute Gasteiger partial charge is 0.311 e. The minimum Gasteiger partial charge on any atom is -0.491 e. The molecule has 1 aromatic heterocycles. The predicted molar refractivity (Wildman–Crippen MR) is 141 cm³/mol. The van der Waals surface area contributed by atoms with Crippen LogP contribution in [0, 0.1) is 5.92 Å². The highest BCUT2D eigenvalue weighted by atomic mass is 16.5. The fraction of sp³-hybridized carbons (Fsp3) is 0.600. The third kappa shape index (κ3) is 10.7. The summed E-state index contributed by atoms with van der Waals surface area (Å²) in [7, 11) is 0. The van der Waals surface area contributed by atoms with E-state index in [1.54, 1.807) is 12.4 Å². The van der Waals surface area contributed by atoms with Crippen LogP contribution in [0.25, 0.3) is 11.1 Å². The van der Waals surface area contributed by atoms with Crippen LogP contribution >= 0.6 is 0 Å². The van der Waals surface area contributed by atoms with Gasteiger partial charge in [0.25, 0.3) is 0 Å². The lowest BCUT2D eigenvalue weighted by Crippen LogP contribution is -2.10. The molecule has 2 aromatic rings. The fourth-order valence-corrected chi connectivity index (χ4v) is 4.01. The molecule has 0 amide bonds. The van der Waals surface area contributed by atoms with Crippen LogP contribution in [-0.2, 0) is 4.79 Å². The highest BCUT2D eigenvalue weighted by molar-refractivity contribution is 5.80. The maximum absolute atomic E-state index is 12.4. The molecule has 0 bridgehead atoms. The third-order valence-corrected chi connectivity index (χ3v) is 6.48. The minimum absolute atomic E-state index is 0.186. The van der Waals surface area contributed by atoms with Crippen molar-refractivity contribution in [3.8, 4) is 22.6 Å². The van der Waals surface area contributed by atoms with Gasteiger partial charge in [-0.15, -0.1) is 0 Å². The Balaban J connectivity index is 1.83. The van der Waals surface area contributed by atoms with Crippen molar-refractivity contribution in [2.75, 3.05) is 6.61 Å². The molecule has 1 aromatic carbocycles. The lowest BCUT2D eigenvalue weighted by atomic mass is 10.0. The fourth-order valence-electron chi connectivity index (χ4n) is 4.01. The second kappa shape index (κ2) is 17.1. The highest BCUT2D eigenvalue weighted by Gasteiger charge is 2.15. The van der Waals surface area contributed by atoms with Gasteiger partial charge in [-0.3, -0.25) is 9.78 Å². The lowest BCUT2D eigenvalue weighted by molar-refractivity contribution is -0.134. The summed E-state index contributed by atoms with van der Waals surface area (Å²) in [6.07, 6.45) is 18.9. The first-order chi connectivity index (χ1) is 16.7. The molecule has 0 aliphatic rings. The van der Waals surface area contributed by atoms with E-state index >= 15 is 0 Å². The van der Waals surface area contributed by atoms with Crippen LogP contribution in [0.15, 0.2) is 42.7 Å². The van der Waals surface area contributed by atoms with Gasteiger partial charge in [0.1, 0.15) is 11.5 Å². The predicted octanol–water partition coefficient (Wildman–Crippen LogP) is 8.78. The van der Waals surface area contributed by atoms with Crippen LogP contribution in [0.2, 0.25) is 0 Å². The van der Waals surface area contributed by atoms with Crippen LogP contribution in [0.3, 0.4) is 0 Å². The Morgan fingerprint density at radius 1 is 0.853 bits per heavy atom. The van der Waals surface area contributed by atoms with Crippen LogP contribution in [0.1, 0.15) is 104 Å². The highest BCUT2D eigenvalue weighted by Crippen LogP contribution is 2.36. The van der Waals surface area contributed by atoms with Gasteiger partial charge in [0.2, 0.25) is 0 Å². The molecule has 1 heterocycles. The summed E-state index contributed by atoms with van der Waals surface area (Å²) in [6, 6.07) is 9.60. The van der Waals surface area contributed by atoms with Crippen LogP contribution in [-0.4, -0.2) is 17.6 Å². The number of rotatable bonds is 18. The number of carbonyl (C=O) groups excluding carboxylic acids is 1. The SMILES string of the molecule is CCCCCCCCCCCCOc1cnccc1-c1ccccc1OC(=O)CCC(C)CC. The molecule has 0 radical (unpaired) electrons. The first-order valence-electron chi connectivity index (χ1n) is 13.5. The van der Waals surface area contributed by atoms with Crippen molar-refractivity contribution >= 4 is 5.97 Å². The summed E-state index contributed by atoms with van der Waals surface area (Å²) < 4.78 is 11.9. The third-order valence-electron chi connectivity index (χ3n) is 6.48. The van der Waals surface area contributed by atoms with E-state index < -0.39 is 0 Å². The standard InChI is InChI=1S/C30H45NO3/c1-4-6-7-8-9-10-11-12-13-16-23-33-29-24-31-22-21-27(29)26-17-14-15-18-28(26)34-30(32)20-19-25(3)5-2/h14-15,17-18,21-22,24-25H,4-13,16,19-20,23H2,1-3H3. The van der Waals surface area contributed by atoms with Gasteiger partial charge in [0.15, 0.2) is 0 Å². The van der Waals surface area contributed by atoms with Crippen molar-refractivity contribution in [2.24, 2.45) is 5.92 Å². The number of unbranched alkanes of at least 4 members (excludes halogenated alkanes) is 9. The van der Waals surface area contributed by atoms with Gasteiger partial charge in [0, 0.05) is 23.7 Å². The average Bonchev–Trinajstić information content (AvgIpc) is 2.86. The van der Waals surface area contributed by atoms with Gasteiger partial charge in [-0.25, -0.2) is 0 Å². The van der Waals surface area contributed by atoms with Gasteiger partial charge in [-0.05, 0) is 30.9 Å². The Kier molecular flexibility index (Phi) is 14.0. The van der Waals surface area contributed by atoms with E-state index in [2.05, 4.69) is 25.8 Å². The number of ether oxygens (including phenoxy) is 2. The van der Waals surface area contributed by atoms with E-state index in [0.717, 1.165) is 36.1 Å². The number of benzene rings is 1. The van der Waals surface area contributed by atoms with Crippen LogP contribution in [0.5, 0.6) is 11.5 Å². The van der Waals surface area contributed by atoms with Crippen molar-refractivity contribution in [1.29, 1.82) is 0 Å². The molecule has 1 unspecified atom stereocenters. The second-order valence-electron chi connectivity index (χ2n) is 9.42. The number of carbonyl (C=O) groups is 1. The van der Waals surface area contributed by atoms with Crippen molar-refractivity contribution in [3.63, 3.8) is 0 Å². The number of hydrogen-bond donors (Lipinski definition) is 0. The van der Waals surface area contributed by atoms with E-state index in [4.69, 9.17) is 9.47 Å². The molecule has 1 atom stereocenters. The van der Waals surface area contributed by atoms with E-state index in [0.29, 0.717) is 24.7 Å². The van der Waals surface area contributed by atoms with E-state index in [1.807, 2.05) is 30.3 Å². The average molecular weight is 468 g/mol. The van der Waals surface area contributed by atoms with Crippen molar-refractivity contribution in [3.05, 3.63) is 42.7 Å². The molecule has 0 N–H and O–H groups in total. The maximum atomic E-state index is 12.4. The molecular formula is C30H45NO3. The summed E-state index contributed by atoms with van der Waals surface area (Å²) in [5, 5.41) is 0. The quantitative estimate of drug-likeness (QED) is 0.125. The largest absolute Gasteiger partial charge is 0.491 e. The van der Waals surface area contributed by atoms with Gasteiger partial charge in [-0.1, -0.05) is 103 Å². The molecule has 0 saturated carbocycles. The zero-order valence-electron chi connectivity index (χ0n) is 21.7. The van der Waals surface area contributed by atoms with Gasteiger partial charge < -0.3 is 9.47 Å². The topological polar surface area (TPSA) is 48.4 Å². The van der Waals surface area contributed by atoms with Crippen molar-refractivity contribution < 1.29 is 14.3 Å². The number of pyridine rings is 1. The molecule has 2 rings (SSSR count). The molecule has 0 saturated heterocycles. The minimum atomic E-state index is -0.186. The Bertz CT molecular complexity index is 820. The molecule has 0 aliphatic heterocycles. The Labute approximate surface area is 207 Å². The summed E-state index contributed by atoms with van der Waals surface area (Å²) >= 11 is 0. The number of hydrogen-bond acceptors (Lipinski definition) is 4. The Morgan fingerprint density at radius 2 is 1.50 bits per heavy atom. The molecule has 4 nitrogen and oxygen atoms in total. The van der Waals surface area contributed by atoms with Gasteiger partial charge in [0.05, 0.1) is 12.8 Å². The zero-order chi connectivity index (χ0) is 24.4. The summed E-state index contributed by atoms with van der Waals surface area (Å²) in [6.45, 7) is 7.24. The number of para-hydroxylation sites is 1. The summed E-state index contributed by atoms with van der Waals surface area (Å²) in [4.78, 5) is 16.7. The van der Waals surface area contributed by atoms with E-state index in [1.165, 1.54) is 57.8 Å². The first kappa shape index (κ1) is 27.9. The molecule has 4 heteroatoms. The van der Waals surface area contributed by atoms with Crippen LogP contribution < -0.4 is 9.47 Å². The first-order valence-corrected chi connectivity index (χ1v) is 13.5. The van der Waals surface area contributed by atoms with Crippen molar-refractivity contribution in [2.45, 2.75) is 104 Å². The molecule has 188 valence electrons. The van der Waals surface area contributed by atoms with Gasteiger partial charge >= 0.3 is 5.97 Å². The molecule has 0 fully saturated rings. The van der Waals surface area contributed by atoms with Gasteiger partial charge in [-0.2, -0.15) is 0 Å². The second-order valence-corrected chi connectivity index (χ2v) is 9.42. The molecule has 34 heavy (non-hydrogen) atoms.